The second-order valence-corrected chi connectivity index (χ2v) is 9.23. The minimum absolute atomic E-state index is 0.0126. The molecule has 5 aliphatic rings. The third kappa shape index (κ3) is 2.67. The SMILES string of the molecule is O=C(N[C@@H]1CN2CCC1CC2)c1nsc2cc(N3C[C@@H]4C[C@@H]3CO4)ccc12. The van der Waals surface area contributed by atoms with Crippen molar-refractivity contribution in [3.8, 4) is 0 Å². The van der Waals surface area contributed by atoms with Gasteiger partial charge in [-0.3, -0.25) is 4.79 Å². The second-order valence-electron chi connectivity index (χ2n) is 8.43. The summed E-state index contributed by atoms with van der Waals surface area (Å²) in [6, 6.07) is 7.18. The number of nitrogens with zero attached hydrogens (tertiary/aromatic N) is 3. The number of carbonyl (C=O) groups excluding carboxylic acids is 1. The fourth-order valence-corrected chi connectivity index (χ4v) is 6.16. The summed E-state index contributed by atoms with van der Waals surface area (Å²) >= 11 is 1.43. The summed E-state index contributed by atoms with van der Waals surface area (Å²) in [5, 5.41) is 4.25. The van der Waals surface area contributed by atoms with Crippen LogP contribution >= 0.6 is 11.5 Å². The minimum Gasteiger partial charge on any atom is -0.374 e. The summed E-state index contributed by atoms with van der Waals surface area (Å²) in [7, 11) is 0. The van der Waals surface area contributed by atoms with Gasteiger partial charge in [0.15, 0.2) is 0 Å². The number of hydrogen-bond donors (Lipinski definition) is 1. The molecule has 5 fully saturated rings. The van der Waals surface area contributed by atoms with E-state index in [0.29, 0.717) is 23.8 Å². The maximum absolute atomic E-state index is 12.9. The molecule has 6 nitrogen and oxygen atoms in total. The molecule has 2 aromatic rings. The van der Waals surface area contributed by atoms with Gasteiger partial charge in [-0.1, -0.05) is 0 Å². The fourth-order valence-electron chi connectivity index (χ4n) is 5.35. The smallest absolute Gasteiger partial charge is 0.271 e. The molecule has 1 aromatic carbocycles. The van der Waals surface area contributed by atoms with Crippen LogP contribution in [0.5, 0.6) is 0 Å². The number of amides is 1. The number of benzene rings is 1. The highest BCUT2D eigenvalue weighted by molar-refractivity contribution is 7.13. The van der Waals surface area contributed by atoms with E-state index in [2.05, 4.69) is 37.7 Å². The zero-order valence-electron chi connectivity index (χ0n) is 15.3. The molecule has 1 N–H and O–H groups in total. The van der Waals surface area contributed by atoms with E-state index in [9.17, 15) is 4.79 Å². The third-order valence-corrected chi connectivity index (χ3v) is 7.68. The summed E-state index contributed by atoms with van der Waals surface area (Å²) in [4.78, 5) is 17.8. The van der Waals surface area contributed by atoms with Gasteiger partial charge in [0.25, 0.3) is 5.91 Å². The number of ether oxygens (including phenoxy) is 1. The Labute approximate surface area is 162 Å². The number of aromatic nitrogens is 1. The second kappa shape index (κ2) is 6.15. The molecule has 0 radical (unpaired) electrons. The highest BCUT2D eigenvalue weighted by Gasteiger charge is 2.39. The van der Waals surface area contributed by atoms with Crippen LogP contribution in [0.3, 0.4) is 0 Å². The average molecular weight is 385 g/mol. The summed E-state index contributed by atoms with van der Waals surface area (Å²) in [6.07, 6.45) is 3.92. The molecule has 0 saturated carbocycles. The Balaban J connectivity index is 1.23. The zero-order chi connectivity index (χ0) is 18.0. The number of hydrogen-bond acceptors (Lipinski definition) is 6. The predicted octanol–water partition coefficient (Wildman–Crippen LogP) is 2.10. The Morgan fingerprint density at radius 3 is 2.85 bits per heavy atom. The van der Waals surface area contributed by atoms with E-state index < -0.39 is 0 Å². The van der Waals surface area contributed by atoms with Gasteiger partial charge in [0.05, 0.1) is 23.5 Å². The first-order valence-electron chi connectivity index (χ1n) is 10.1. The number of nitrogens with one attached hydrogen (secondary N) is 1. The minimum atomic E-state index is -0.0126. The van der Waals surface area contributed by atoms with Gasteiger partial charge < -0.3 is 19.9 Å². The quantitative estimate of drug-likeness (QED) is 0.878. The third-order valence-electron chi connectivity index (χ3n) is 6.88. The van der Waals surface area contributed by atoms with Crippen molar-refractivity contribution in [3.05, 3.63) is 23.9 Å². The van der Waals surface area contributed by atoms with Crippen LogP contribution in [-0.2, 0) is 4.74 Å². The number of fused-ring (bicyclic) bond motifs is 6. The average Bonchev–Trinajstić information content (AvgIpc) is 3.43. The first-order chi connectivity index (χ1) is 13.2. The molecule has 0 unspecified atom stereocenters. The Morgan fingerprint density at radius 2 is 2.15 bits per heavy atom. The molecule has 0 spiro atoms. The van der Waals surface area contributed by atoms with Crippen molar-refractivity contribution in [2.75, 3.05) is 37.7 Å². The normalized spacial score (nSPS) is 34.5. The predicted molar refractivity (Wildman–Crippen MR) is 106 cm³/mol. The highest BCUT2D eigenvalue weighted by Crippen LogP contribution is 2.35. The first kappa shape index (κ1) is 16.3. The largest absolute Gasteiger partial charge is 0.374 e. The van der Waals surface area contributed by atoms with Crippen LogP contribution in [-0.4, -0.2) is 66.2 Å². The van der Waals surface area contributed by atoms with Crippen molar-refractivity contribution in [2.45, 2.75) is 37.5 Å². The molecular formula is C20H24N4O2S. The highest BCUT2D eigenvalue weighted by atomic mass is 32.1. The molecular weight excluding hydrogens is 360 g/mol. The van der Waals surface area contributed by atoms with Crippen LogP contribution in [0.25, 0.3) is 10.1 Å². The molecule has 142 valence electrons. The number of anilines is 1. The van der Waals surface area contributed by atoms with Gasteiger partial charge in [-0.05, 0) is 68.0 Å². The van der Waals surface area contributed by atoms with E-state index in [0.717, 1.165) is 36.2 Å². The van der Waals surface area contributed by atoms with Crippen molar-refractivity contribution in [1.29, 1.82) is 0 Å². The lowest BCUT2D eigenvalue weighted by molar-refractivity contribution is 0.0619. The van der Waals surface area contributed by atoms with Gasteiger partial charge in [-0.2, -0.15) is 4.37 Å². The molecule has 5 saturated heterocycles. The van der Waals surface area contributed by atoms with Crippen molar-refractivity contribution in [3.63, 3.8) is 0 Å². The maximum atomic E-state index is 12.9. The van der Waals surface area contributed by atoms with Crippen LogP contribution in [0.15, 0.2) is 18.2 Å². The molecule has 1 aromatic heterocycles. The molecule has 4 bridgehead atoms. The van der Waals surface area contributed by atoms with Crippen LogP contribution in [0, 0.1) is 5.92 Å². The Morgan fingerprint density at radius 1 is 1.26 bits per heavy atom. The number of rotatable bonds is 3. The Kier molecular flexibility index (Phi) is 3.71. The van der Waals surface area contributed by atoms with E-state index in [1.807, 2.05) is 0 Å². The topological polar surface area (TPSA) is 57.7 Å². The van der Waals surface area contributed by atoms with Crippen molar-refractivity contribution in [2.24, 2.45) is 5.92 Å². The molecule has 5 aliphatic heterocycles. The van der Waals surface area contributed by atoms with Crippen LogP contribution in [0.2, 0.25) is 0 Å². The molecule has 0 aliphatic carbocycles. The van der Waals surface area contributed by atoms with Crippen molar-refractivity contribution >= 4 is 33.2 Å². The Bertz CT molecular complexity index is 891. The standard InChI is InChI=1S/C20H24N4O2S/c25-20(21-17-10-23-5-3-12(17)4-6-23)19-16-2-1-13(8-18(16)27-22-19)24-9-15-7-14(24)11-26-15/h1-2,8,12,14-15,17H,3-7,9-11H2,(H,21,25)/t14-,15+,17-/m1/s1. The molecule has 3 atom stereocenters. The molecule has 27 heavy (non-hydrogen) atoms. The molecule has 6 heterocycles. The number of carbonyl (C=O) groups is 1. The lowest BCUT2D eigenvalue weighted by atomic mass is 9.84. The summed E-state index contributed by atoms with van der Waals surface area (Å²) in [5.74, 6) is 0.615. The number of morpholine rings is 1. The first-order valence-corrected chi connectivity index (χ1v) is 10.8. The van der Waals surface area contributed by atoms with E-state index >= 15 is 0 Å². The lowest BCUT2D eigenvalue weighted by Gasteiger charge is -2.44. The summed E-state index contributed by atoms with van der Waals surface area (Å²) in [6.45, 7) is 5.16. The van der Waals surface area contributed by atoms with E-state index in [-0.39, 0.29) is 11.9 Å². The van der Waals surface area contributed by atoms with Crippen LogP contribution < -0.4 is 10.2 Å². The van der Waals surface area contributed by atoms with Gasteiger partial charge in [-0.15, -0.1) is 0 Å². The Hall–Kier alpha value is -1.70. The van der Waals surface area contributed by atoms with Crippen LogP contribution in [0.1, 0.15) is 29.8 Å². The monoisotopic (exact) mass is 384 g/mol. The van der Waals surface area contributed by atoms with Gasteiger partial charge in [0, 0.05) is 30.2 Å². The summed E-state index contributed by atoms with van der Waals surface area (Å²) < 4.78 is 11.3. The lowest BCUT2D eigenvalue weighted by Crippen LogP contribution is -2.57. The van der Waals surface area contributed by atoms with E-state index in [1.54, 1.807) is 0 Å². The van der Waals surface area contributed by atoms with Gasteiger partial charge in [-0.25, -0.2) is 0 Å². The van der Waals surface area contributed by atoms with Gasteiger partial charge in [0.1, 0.15) is 5.69 Å². The zero-order valence-corrected chi connectivity index (χ0v) is 16.1. The van der Waals surface area contributed by atoms with E-state index in [4.69, 9.17) is 4.74 Å². The molecule has 1 amide bonds. The number of piperidine rings is 3. The van der Waals surface area contributed by atoms with Gasteiger partial charge >= 0.3 is 0 Å². The maximum Gasteiger partial charge on any atom is 0.271 e. The molecule has 7 heteroatoms. The van der Waals surface area contributed by atoms with Crippen molar-refractivity contribution in [1.82, 2.24) is 14.6 Å². The van der Waals surface area contributed by atoms with E-state index in [1.165, 1.54) is 43.2 Å². The molecule has 7 rings (SSSR count). The fraction of sp³-hybridized carbons (Fsp3) is 0.600. The van der Waals surface area contributed by atoms with Crippen molar-refractivity contribution < 1.29 is 9.53 Å². The summed E-state index contributed by atoms with van der Waals surface area (Å²) in [5.41, 5.74) is 1.82. The van der Waals surface area contributed by atoms with Crippen LogP contribution in [0.4, 0.5) is 5.69 Å². The van der Waals surface area contributed by atoms with Gasteiger partial charge in [0.2, 0.25) is 0 Å².